The number of nitrogens with two attached hydrogens (primary N) is 1. The summed E-state index contributed by atoms with van der Waals surface area (Å²) in [4.78, 5) is 3.79. The fourth-order valence-corrected chi connectivity index (χ4v) is 1.72. The molecule has 0 fully saturated rings. The summed E-state index contributed by atoms with van der Waals surface area (Å²) in [5.74, 6) is -3.85. The van der Waals surface area contributed by atoms with Crippen LogP contribution < -0.4 is 5.73 Å². The molecule has 0 saturated heterocycles. The standard InChI is InChI=1S/C12H11F3N2/c1-5(2)7-3-6-4-8(13)9(14)10(15)11(6)17-12(7)16/h3-5H,1-2H3,(H2,16,17). The first kappa shape index (κ1) is 11.7. The van der Waals surface area contributed by atoms with Crippen molar-refractivity contribution in [1.29, 1.82) is 0 Å². The summed E-state index contributed by atoms with van der Waals surface area (Å²) in [5, 5.41) is 0.208. The number of aromatic nitrogens is 1. The van der Waals surface area contributed by atoms with Gasteiger partial charge in [-0.15, -0.1) is 0 Å². The highest BCUT2D eigenvalue weighted by Crippen LogP contribution is 2.28. The van der Waals surface area contributed by atoms with Gasteiger partial charge in [-0.1, -0.05) is 13.8 Å². The number of hydrogen-bond acceptors (Lipinski definition) is 2. The molecule has 0 unspecified atom stereocenters. The molecule has 0 aliphatic carbocycles. The van der Waals surface area contributed by atoms with Crippen LogP contribution in [0.4, 0.5) is 19.0 Å². The van der Waals surface area contributed by atoms with E-state index in [-0.39, 0.29) is 22.6 Å². The SMILES string of the molecule is CC(C)c1cc2cc(F)c(F)c(F)c2nc1N. The van der Waals surface area contributed by atoms with E-state index in [9.17, 15) is 13.2 Å². The van der Waals surface area contributed by atoms with Gasteiger partial charge in [-0.05, 0) is 23.6 Å². The number of halogens is 3. The average molecular weight is 240 g/mol. The fraction of sp³-hybridized carbons (Fsp3) is 0.250. The Labute approximate surface area is 96.3 Å². The number of rotatable bonds is 1. The number of fused-ring (bicyclic) bond motifs is 1. The molecule has 2 rings (SSSR count). The second-order valence-electron chi connectivity index (χ2n) is 4.18. The van der Waals surface area contributed by atoms with E-state index in [0.29, 0.717) is 5.56 Å². The van der Waals surface area contributed by atoms with Crippen LogP contribution in [0.2, 0.25) is 0 Å². The van der Waals surface area contributed by atoms with E-state index in [4.69, 9.17) is 5.73 Å². The fourth-order valence-electron chi connectivity index (χ4n) is 1.72. The lowest BCUT2D eigenvalue weighted by atomic mass is 10.0. The lowest BCUT2D eigenvalue weighted by Gasteiger charge is -2.10. The molecular formula is C12H11F3N2. The number of anilines is 1. The van der Waals surface area contributed by atoms with E-state index in [1.54, 1.807) is 0 Å². The van der Waals surface area contributed by atoms with Crippen molar-refractivity contribution in [3.05, 3.63) is 35.1 Å². The quantitative estimate of drug-likeness (QED) is 0.776. The molecule has 1 heterocycles. The van der Waals surface area contributed by atoms with Crippen LogP contribution in [-0.2, 0) is 0 Å². The van der Waals surface area contributed by atoms with E-state index in [0.717, 1.165) is 6.07 Å². The van der Waals surface area contributed by atoms with Gasteiger partial charge in [-0.2, -0.15) is 0 Å². The molecule has 1 aromatic carbocycles. The van der Waals surface area contributed by atoms with Gasteiger partial charge in [-0.25, -0.2) is 18.2 Å². The third-order valence-corrected chi connectivity index (χ3v) is 2.63. The van der Waals surface area contributed by atoms with E-state index >= 15 is 0 Å². The molecule has 0 bridgehead atoms. The van der Waals surface area contributed by atoms with Crippen LogP contribution in [0.1, 0.15) is 25.3 Å². The summed E-state index contributed by atoms with van der Waals surface area (Å²) in [5.41, 5.74) is 6.09. The second-order valence-corrected chi connectivity index (χ2v) is 4.18. The van der Waals surface area contributed by atoms with Crippen LogP contribution in [0.15, 0.2) is 12.1 Å². The second kappa shape index (κ2) is 3.91. The number of benzene rings is 1. The zero-order chi connectivity index (χ0) is 12.7. The summed E-state index contributed by atoms with van der Waals surface area (Å²) in [6.45, 7) is 3.77. The molecule has 17 heavy (non-hydrogen) atoms. The minimum Gasteiger partial charge on any atom is -0.383 e. The molecule has 0 amide bonds. The Bertz CT molecular complexity index is 594. The number of nitrogens with zero attached hydrogens (tertiary/aromatic N) is 1. The number of pyridine rings is 1. The molecule has 1 aromatic heterocycles. The Kier molecular flexibility index (Phi) is 2.69. The predicted molar refractivity (Wildman–Crippen MR) is 60.1 cm³/mol. The summed E-state index contributed by atoms with van der Waals surface area (Å²) in [6.07, 6.45) is 0. The van der Waals surface area contributed by atoms with Crippen LogP contribution in [0.3, 0.4) is 0 Å². The number of nitrogen functional groups attached to an aromatic ring is 1. The van der Waals surface area contributed by atoms with Crippen molar-refractivity contribution in [1.82, 2.24) is 4.98 Å². The van der Waals surface area contributed by atoms with Gasteiger partial charge in [0.25, 0.3) is 0 Å². The molecule has 2 nitrogen and oxygen atoms in total. The van der Waals surface area contributed by atoms with Crippen LogP contribution >= 0.6 is 0 Å². The minimum atomic E-state index is -1.53. The van der Waals surface area contributed by atoms with Gasteiger partial charge in [0.15, 0.2) is 17.5 Å². The summed E-state index contributed by atoms with van der Waals surface area (Å²) in [6, 6.07) is 2.46. The molecule has 0 atom stereocenters. The third kappa shape index (κ3) is 1.81. The molecule has 0 aliphatic heterocycles. The molecule has 0 aliphatic rings. The third-order valence-electron chi connectivity index (χ3n) is 2.63. The molecule has 0 saturated carbocycles. The van der Waals surface area contributed by atoms with Crippen molar-refractivity contribution in [2.75, 3.05) is 5.73 Å². The number of hydrogen-bond donors (Lipinski definition) is 1. The smallest absolute Gasteiger partial charge is 0.196 e. The van der Waals surface area contributed by atoms with Crippen molar-refractivity contribution in [3.8, 4) is 0 Å². The van der Waals surface area contributed by atoms with Crippen molar-refractivity contribution in [3.63, 3.8) is 0 Å². The van der Waals surface area contributed by atoms with E-state index in [1.165, 1.54) is 6.07 Å². The maximum absolute atomic E-state index is 13.4. The molecule has 2 aromatic rings. The molecule has 5 heteroatoms. The van der Waals surface area contributed by atoms with E-state index < -0.39 is 17.5 Å². The first-order chi connectivity index (χ1) is 7.91. The highest BCUT2D eigenvalue weighted by molar-refractivity contribution is 5.82. The van der Waals surface area contributed by atoms with Gasteiger partial charge in [0.2, 0.25) is 0 Å². The highest BCUT2D eigenvalue weighted by Gasteiger charge is 2.17. The van der Waals surface area contributed by atoms with Crippen molar-refractivity contribution < 1.29 is 13.2 Å². The van der Waals surface area contributed by atoms with Gasteiger partial charge in [0, 0.05) is 5.39 Å². The van der Waals surface area contributed by atoms with Gasteiger partial charge in [0.05, 0.1) is 0 Å². The predicted octanol–water partition coefficient (Wildman–Crippen LogP) is 3.36. The molecular weight excluding hydrogens is 229 g/mol. The Morgan fingerprint density at radius 3 is 2.35 bits per heavy atom. The van der Waals surface area contributed by atoms with Gasteiger partial charge < -0.3 is 5.73 Å². The van der Waals surface area contributed by atoms with Gasteiger partial charge >= 0.3 is 0 Å². The largest absolute Gasteiger partial charge is 0.383 e. The maximum atomic E-state index is 13.4. The monoisotopic (exact) mass is 240 g/mol. The Morgan fingerprint density at radius 1 is 1.12 bits per heavy atom. The normalized spacial score (nSPS) is 11.4. The van der Waals surface area contributed by atoms with E-state index in [1.807, 2.05) is 13.8 Å². The van der Waals surface area contributed by atoms with Crippen LogP contribution in [-0.4, -0.2) is 4.98 Å². The summed E-state index contributed by atoms with van der Waals surface area (Å²) >= 11 is 0. The summed E-state index contributed by atoms with van der Waals surface area (Å²) in [7, 11) is 0. The van der Waals surface area contributed by atoms with Crippen LogP contribution in [0.25, 0.3) is 10.9 Å². The first-order valence-corrected chi connectivity index (χ1v) is 5.15. The zero-order valence-corrected chi connectivity index (χ0v) is 9.39. The van der Waals surface area contributed by atoms with Crippen LogP contribution in [0, 0.1) is 17.5 Å². The average Bonchev–Trinajstić information content (AvgIpc) is 2.26. The van der Waals surface area contributed by atoms with Gasteiger partial charge in [-0.3, -0.25) is 0 Å². The molecule has 0 radical (unpaired) electrons. The Balaban J connectivity index is 2.84. The Morgan fingerprint density at radius 2 is 1.76 bits per heavy atom. The molecule has 0 spiro atoms. The van der Waals surface area contributed by atoms with Crippen molar-refractivity contribution in [2.24, 2.45) is 0 Å². The van der Waals surface area contributed by atoms with E-state index in [2.05, 4.69) is 4.98 Å². The van der Waals surface area contributed by atoms with Crippen LogP contribution in [0.5, 0.6) is 0 Å². The lowest BCUT2D eigenvalue weighted by Crippen LogP contribution is -2.02. The zero-order valence-electron chi connectivity index (χ0n) is 9.39. The first-order valence-electron chi connectivity index (χ1n) is 5.15. The maximum Gasteiger partial charge on any atom is 0.196 e. The van der Waals surface area contributed by atoms with Crippen molar-refractivity contribution >= 4 is 16.7 Å². The lowest BCUT2D eigenvalue weighted by molar-refractivity contribution is 0.452. The molecule has 90 valence electrons. The minimum absolute atomic E-state index is 0.0723. The van der Waals surface area contributed by atoms with Crippen molar-refractivity contribution in [2.45, 2.75) is 19.8 Å². The summed E-state index contributed by atoms with van der Waals surface area (Å²) < 4.78 is 39.5. The topological polar surface area (TPSA) is 38.9 Å². The van der Waals surface area contributed by atoms with Gasteiger partial charge in [0.1, 0.15) is 11.3 Å². The Hall–Kier alpha value is -1.78. The molecule has 2 N–H and O–H groups in total. The highest BCUT2D eigenvalue weighted by atomic mass is 19.2.